The number of aliphatic imine (C=N–C) groups is 1. The molecule has 1 atom stereocenters. The first-order valence-corrected chi connectivity index (χ1v) is 9.92. The van der Waals surface area contributed by atoms with Crippen LogP contribution in [-0.2, 0) is 13.1 Å². The molecule has 1 fully saturated rings. The molecule has 1 unspecified atom stereocenters. The van der Waals surface area contributed by atoms with E-state index in [9.17, 15) is 9.50 Å². The van der Waals surface area contributed by atoms with Crippen molar-refractivity contribution in [3.8, 4) is 5.75 Å². The Kier molecular flexibility index (Phi) is 9.66. The highest BCUT2D eigenvalue weighted by Crippen LogP contribution is 2.17. The first-order chi connectivity index (χ1) is 13.6. The first kappa shape index (κ1) is 23.4. The van der Waals surface area contributed by atoms with Gasteiger partial charge in [0.2, 0.25) is 0 Å². The van der Waals surface area contributed by atoms with Crippen LogP contribution in [0.5, 0.6) is 5.75 Å². The van der Waals surface area contributed by atoms with Crippen LogP contribution in [0.3, 0.4) is 0 Å². The molecule has 0 amide bonds. The average Bonchev–Trinajstić information content (AvgIpc) is 2.70. The summed E-state index contributed by atoms with van der Waals surface area (Å²) in [6, 6.07) is 15.2. The number of hydrogen-bond donors (Lipinski definition) is 3. The smallest absolute Gasteiger partial charge is 0.191 e. The number of likely N-dealkylation sites (tertiary alicyclic amines) is 1. The van der Waals surface area contributed by atoms with Crippen LogP contribution in [0.1, 0.15) is 30.9 Å². The largest absolute Gasteiger partial charge is 0.505 e. The van der Waals surface area contributed by atoms with Crippen molar-refractivity contribution >= 4 is 29.9 Å². The first-order valence-electron chi connectivity index (χ1n) is 9.92. The number of hydrogen-bond acceptors (Lipinski definition) is 3. The van der Waals surface area contributed by atoms with E-state index in [1.165, 1.54) is 17.7 Å². The van der Waals surface area contributed by atoms with Gasteiger partial charge in [-0.1, -0.05) is 36.4 Å². The van der Waals surface area contributed by atoms with Crippen molar-refractivity contribution in [2.75, 3.05) is 19.6 Å². The van der Waals surface area contributed by atoms with Gasteiger partial charge in [0.15, 0.2) is 17.5 Å². The van der Waals surface area contributed by atoms with Gasteiger partial charge in [0, 0.05) is 25.7 Å². The number of rotatable bonds is 6. The molecule has 0 aliphatic carbocycles. The number of piperidine rings is 1. The maximum absolute atomic E-state index is 13.5. The highest BCUT2D eigenvalue weighted by atomic mass is 127. The van der Waals surface area contributed by atoms with E-state index in [1.54, 1.807) is 6.07 Å². The molecule has 0 saturated carbocycles. The number of aromatic hydroxyl groups is 1. The Balaban J connectivity index is 0.00000300. The molecule has 0 bridgehead atoms. The molecule has 158 valence electrons. The molecule has 2 aromatic carbocycles. The van der Waals surface area contributed by atoms with Crippen molar-refractivity contribution in [3.63, 3.8) is 0 Å². The predicted octanol–water partition coefficient (Wildman–Crippen LogP) is 3.87. The molecule has 1 aliphatic heterocycles. The van der Waals surface area contributed by atoms with Crippen LogP contribution in [0.2, 0.25) is 0 Å². The summed E-state index contributed by atoms with van der Waals surface area (Å²) >= 11 is 0. The van der Waals surface area contributed by atoms with Gasteiger partial charge in [-0.15, -0.1) is 24.0 Å². The normalized spacial score (nSPS) is 17.4. The Hall–Kier alpha value is -1.87. The van der Waals surface area contributed by atoms with Gasteiger partial charge in [0.1, 0.15) is 0 Å². The molecule has 3 N–H and O–H groups in total. The minimum atomic E-state index is -0.616. The third-order valence-corrected chi connectivity index (χ3v) is 4.87. The summed E-state index contributed by atoms with van der Waals surface area (Å²) in [7, 11) is 0. The number of nitrogens with one attached hydrogen (secondary N) is 2. The van der Waals surface area contributed by atoms with E-state index in [1.807, 2.05) is 13.0 Å². The van der Waals surface area contributed by atoms with Gasteiger partial charge in [0.25, 0.3) is 0 Å². The third kappa shape index (κ3) is 7.47. The van der Waals surface area contributed by atoms with Gasteiger partial charge in [-0.25, -0.2) is 9.38 Å². The molecule has 7 heteroatoms. The van der Waals surface area contributed by atoms with Gasteiger partial charge < -0.3 is 15.7 Å². The number of benzene rings is 2. The summed E-state index contributed by atoms with van der Waals surface area (Å²) in [6.07, 6.45) is 2.25. The van der Waals surface area contributed by atoms with E-state index in [-0.39, 0.29) is 29.7 Å². The van der Waals surface area contributed by atoms with Crippen molar-refractivity contribution in [1.29, 1.82) is 0 Å². The van der Waals surface area contributed by atoms with Crippen LogP contribution in [0, 0.1) is 5.82 Å². The van der Waals surface area contributed by atoms with Crippen LogP contribution in [0.4, 0.5) is 4.39 Å². The van der Waals surface area contributed by atoms with Crippen LogP contribution >= 0.6 is 24.0 Å². The minimum absolute atomic E-state index is 0. The number of guanidine groups is 1. The number of halogens is 2. The fourth-order valence-electron chi connectivity index (χ4n) is 3.49. The van der Waals surface area contributed by atoms with Gasteiger partial charge in [-0.3, -0.25) is 4.90 Å². The zero-order valence-corrected chi connectivity index (χ0v) is 19.1. The SMILES string of the molecule is CCNC(=NCc1ccc(O)c(F)c1)NC1CCCN(Cc2ccccc2)C1.I. The lowest BCUT2D eigenvalue weighted by Crippen LogP contribution is -2.50. The van der Waals surface area contributed by atoms with E-state index in [0.29, 0.717) is 12.6 Å². The molecular formula is C22H30FIN4O. The predicted molar refractivity (Wildman–Crippen MR) is 126 cm³/mol. The van der Waals surface area contributed by atoms with Crippen LogP contribution in [-0.4, -0.2) is 41.6 Å². The Morgan fingerprint density at radius 3 is 2.72 bits per heavy atom. The molecule has 29 heavy (non-hydrogen) atoms. The van der Waals surface area contributed by atoms with E-state index in [4.69, 9.17) is 0 Å². The lowest BCUT2D eigenvalue weighted by Gasteiger charge is -2.34. The minimum Gasteiger partial charge on any atom is -0.505 e. The molecule has 5 nitrogen and oxygen atoms in total. The van der Waals surface area contributed by atoms with Crippen LogP contribution < -0.4 is 10.6 Å². The third-order valence-electron chi connectivity index (χ3n) is 4.87. The molecule has 1 aliphatic rings. The number of phenols is 1. The Morgan fingerprint density at radius 2 is 2.00 bits per heavy atom. The fraction of sp³-hybridized carbons (Fsp3) is 0.409. The van der Waals surface area contributed by atoms with Crippen molar-refractivity contribution in [3.05, 3.63) is 65.5 Å². The number of phenolic OH excluding ortho intramolecular Hbond substituents is 1. The summed E-state index contributed by atoms with van der Waals surface area (Å²) in [5.74, 6) is -0.212. The van der Waals surface area contributed by atoms with Gasteiger partial charge in [-0.05, 0) is 49.6 Å². The average molecular weight is 512 g/mol. The van der Waals surface area contributed by atoms with Crippen molar-refractivity contribution in [2.45, 2.75) is 38.9 Å². The topological polar surface area (TPSA) is 59.9 Å². The Morgan fingerprint density at radius 1 is 1.21 bits per heavy atom. The number of nitrogens with zero attached hydrogens (tertiary/aromatic N) is 2. The van der Waals surface area contributed by atoms with Crippen molar-refractivity contribution in [2.24, 2.45) is 4.99 Å². The lowest BCUT2D eigenvalue weighted by molar-refractivity contribution is 0.192. The molecule has 2 aromatic rings. The highest BCUT2D eigenvalue weighted by molar-refractivity contribution is 14.0. The molecule has 1 saturated heterocycles. The van der Waals surface area contributed by atoms with E-state index >= 15 is 0 Å². The molecule has 1 heterocycles. The highest BCUT2D eigenvalue weighted by Gasteiger charge is 2.20. The summed E-state index contributed by atoms with van der Waals surface area (Å²) < 4.78 is 13.5. The molecular weight excluding hydrogens is 482 g/mol. The standard InChI is InChI=1S/C22H29FN4O.HI/c1-2-24-22(25-14-18-10-11-21(28)20(23)13-18)26-19-9-6-12-27(16-19)15-17-7-4-3-5-8-17;/h3-5,7-8,10-11,13,19,28H,2,6,9,12,14-16H2,1H3,(H2,24,25,26);1H. The van der Waals surface area contributed by atoms with E-state index in [2.05, 4.69) is 44.8 Å². The maximum Gasteiger partial charge on any atom is 0.191 e. The maximum atomic E-state index is 13.5. The van der Waals surface area contributed by atoms with Crippen molar-refractivity contribution < 1.29 is 9.50 Å². The summed E-state index contributed by atoms with van der Waals surface area (Å²) in [5.41, 5.74) is 2.06. The second-order valence-corrected chi connectivity index (χ2v) is 7.19. The van der Waals surface area contributed by atoms with Gasteiger partial charge >= 0.3 is 0 Å². The van der Waals surface area contributed by atoms with Gasteiger partial charge in [0.05, 0.1) is 6.54 Å². The zero-order valence-electron chi connectivity index (χ0n) is 16.8. The van der Waals surface area contributed by atoms with Crippen molar-refractivity contribution in [1.82, 2.24) is 15.5 Å². The van der Waals surface area contributed by atoms with Gasteiger partial charge in [-0.2, -0.15) is 0 Å². The van der Waals surface area contributed by atoms with Crippen LogP contribution in [0.25, 0.3) is 0 Å². The van der Waals surface area contributed by atoms with E-state index in [0.717, 1.165) is 50.5 Å². The fourth-order valence-corrected chi connectivity index (χ4v) is 3.49. The summed E-state index contributed by atoms with van der Waals surface area (Å²) in [6.45, 7) is 6.17. The van der Waals surface area contributed by atoms with Crippen LogP contribution in [0.15, 0.2) is 53.5 Å². The summed E-state index contributed by atoms with van der Waals surface area (Å²) in [5, 5.41) is 16.1. The molecule has 3 rings (SSSR count). The quantitative estimate of drug-likeness (QED) is 0.313. The monoisotopic (exact) mass is 512 g/mol. The Bertz CT molecular complexity index is 788. The molecule has 0 spiro atoms. The summed E-state index contributed by atoms with van der Waals surface area (Å²) in [4.78, 5) is 7.05. The van der Waals surface area contributed by atoms with E-state index < -0.39 is 5.82 Å². The molecule has 0 aromatic heterocycles. The molecule has 0 radical (unpaired) electrons. The zero-order chi connectivity index (χ0) is 19.8. The second-order valence-electron chi connectivity index (χ2n) is 7.19. The second kappa shape index (κ2) is 12.0. The Labute approximate surface area is 189 Å². The lowest BCUT2D eigenvalue weighted by atomic mass is 10.0.